The number of halogens is 2. The van der Waals surface area contributed by atoms with Gasteiger partial charge in [0, 0.05) is 23.5 Å². The van der Waals surface area contributed by atoms with Crippen LogP contribution in [0.4, 0.5) is 4.39 Å². The van der Waals surface area contributed by atoms with E-state index in [4.69, 9.17) is 4.74 Å². The lowest BCUT2D eigenvalue weighted by atomic mass is 9.91. The maximum Gasteiger partial charge on any atom is 0.169 e. The van der Waals surface area contributed by atoms with Crippen LogP contribution in [-0.4, -0.2) is 29.9 Å². The number of rotatable bonds is 7. The molecule has 19 heavy (non-hydrogen) atoms. The van der Waals surface area contributed by atoms with E-state index in [-0.39, 0.29) is 5.82 Å². The van der Waals surface area contributed by atoms with E-state index in [2.05, 4.69) is 20.8 Å². The Balaban J connectivity index is 2.07. The van der Waals surface area contributed by atoms with Crippen molar-refractivity contribution in [2.45, 2.75) is 38.3 Å². The van der Waals surface area contributed by atoms with E-state index in [0.717, 1.165) is 23.9 Å². The van der Waals surface area contributed by atoms with Crippen molar-refractivity contribution in [1.82, 2.24) is 4.90 Å². The van der Waals surface area contributed by atoms with E-state index in [1.54, 1.807) is 6.07 Å². The zero-order valence-corrected chi connectivity index (χ0v) is 13.0. The number of alkyl halides is 1. The average molecular weight is 330 g/mol. The Kier molecular flexibility index (Phi) is 5.64. The molecular weight excluding hydrogens is 309 g/mol. The van der Waals surface area contributed by atoms with Crippen LogP contribution in [0.15, 0.2) is 18.2 Å². The molecule has 0 amide bonds. The third-order valence-electron chi connectivity index (χ3n) is 3.81. The Morgan fingerprint density at radius 1 is 1.42 bits per heavy atom. The summed E-state index contributed by atoms with van der Waals surface area (Å²) >= 11 is 3.47. The van der Waals surface area contributed by atoms with E-state index in [0.29, 0.717) is 18.3 Å². The highest BCUT2D eigenvalue weighted by atomic mass is 79.9. The van der Waals surface area contributed by atoms with Gasteiger partial charge in [0.05, 0.1) is 7.11 Å². The molecule has 0 saturated heterocycles. The summed E-state index contributed by atoms with van der Waals surface area (Å²) < 4.78 is 19.2. The Bertz CT molecular complexity index is 409. The maximum absolute atomic E-state index is 14.2. The topological polar surface area (TPSA) is 12.5 Å². The van der Waals surface area contributed by atoms with Crippen molar-refractivity contribution in [1.29, 1.82) is 0 Å². The van der Waals surface area contributed by atoms with Crippen LogP contribution in [0, 0.1) is 5.82 Å². The molecule has 0 atom stereocenters. The molecule has 0 aliphatic heterocycles. The van der Waals surface area contributed by atoms with Gasteiger partial charge in [0.25, 0.3) is 0 Å². The minimum absolute atomic E-state index is 0.215. The number of benzene rings is 1. The molecular formula is C15H21BrFNO. The van der Waals surface area contributed by atoms with Gasteiger partial charge in [0.2, 0.25) is 0 Å². The molecule has 0 bridgehead atoms. The van der Waals surface area contributed by atoms with Gasteiger partial charge in [0.1, 0.15) is 0 Å². The molecule has 0 heterocycles. The third kappa shape index (κ3) is 3.69. The van der Waals surface area contributed by atoms with Crippen molar-refractivity contribution in [3.8, 4) is 5.75 Å². The average Bonchev–Trinajstić information content (AvgIpc) is 2.36. The molecule has 2 rings (SSSR count). The van der Waals surface area contributed by atoms with E-state index in [1.165, 1.54) is 26.4 Å². The Hall–Kier alpha value is -0.610. The largest absolute Gasteiger partial charge is 0.494 e. The molecule has 2 nitrogen and oxygen atoms in total. The summed E-state index contributed by atoms with van der Waals surface area (Å²) in [6, 6.07) is 6.02. The maximum atomic E-state index is 14.2. The lowest BCUT2D eigenvalue weighted by molar-refractivity contribution is 0.118. The normalized spacial score (nSPS) is 15.6. The molecule has 0 aromatic heterocycles. The summed E-state index contributed by atoms with van der Waals surface area (Å²) in [5, 5.41) is 0.997. The van der Waals surface area contributed by atoms with E-state index in [1.807, 2.05) is 12.1 Å². The van der Waals surface area contributed by atoms with Crippen molar-refractivity contribution in [2.24, 2.45) is 0 Å². The summed E-state index contributed by atoms with van der Waals surface area (Å²) in [4.78, 5) is 2.41. The number of nitrogens with zero attached hydrogens (tertiary/aromatic N) is 1. The Morgan fingerprint density at radius 3 is 2.79 bits per heavy atom. The molecule has 1 aliphatic carbocycles. The van der Waals surface area contributed by atoms with Crippen LogP contribution in [-0.2, 0) is 6.54 Å². The smallest absolute Gasteiger partial charge is 0.169 e. The van der Waals surface area contributed by atoms with Crippen LogP contribution < -0.4 is 4.74 Å². The molecule has 0 spiro atoms. The first-order chi connectivity index (χ1) is 9.26. The summed E-state index contributed by atoms with van der Waals surface area (Å²) in [5.41, 5.74) is 0.737. The van der Waals surface area contributed by atoms with Gasteiger partial charge in [-0.3, -0.25) is 4.90 Å². The summed E-state index contributed by atoms with van der Waals surface area (Å²) in [6.07, 6.45) is 4.89. The summed E-state index contributed by atoms with van der Waals surface area (Å²) in [5.74, 6) is 0.125. The van der Waals surface area contributed by atoms with Crippen LogP contribution in [0.3, 0.4) is 0 Å². The first-order valence-electron chi connectivity index (χ1n) is 6.87. The van der Waals surface area contributed by atoms with Gasteiger partial charge in [-0.25, -0.2) is 4.39 Å². The molecule has 4 heteroatoms. The van der Waals surface area contributed by atoms with E-state index < -0.39 is 0 Å². The number of methoxy groups -OCH3 is 1. The fourth-order valence-electron chi connectivity index (χ4n) is 2.46. The second kappa shape index (κ2) is 7.25. The van der Waals surface area contributed by atoms with E-state index in [9.17, 15) is 4.39 Å². The van der Waals surface area contributed by atoms with Crippen LogP contribution in [0.1, 0.15) is 31.2 Å². The molecule has 0 N–H and O–H groups in total. The third-order valence-corrected chi connectivity index (χ3v) is 4.37. The van der Waals surface area contributed by atoms with Crippen molar-refractivity contribution >= 4 is 15.9 Å². The summed E-state index contributed by atoms with van der Waals surface area (Å²) in [7, 11) is 1.51. The number of hydrogen-bond acceptors (Lipinski definition) is 2. The summed E-state index contributed by atoms with van der Waals surface area (Å²) in [6.45, 7) is 1.70. The predicted molar refractivity (Wildman–Crippen MR) is 79.4 cm³/mol. The monoisotopic (exact) mass is 329 g/mol. The first kappa shape index (κ1) is 14.8. The SMILES string of the molecule is COc1cccc(CN(CCCBr)C2CCC2)c1F. The van der Waals surface area contributed by atoms with Gasteiger partial charge in [-0.2, -0.15) is 0 Å². The van der Waals surface area contributed by atoms with Crippen molar-refractivity contribution in [3.05, 3.63) is 29.6 Å². The predicted octanol–water partition coefficient (Wildman–Crippen LogP) is 3.97. The minimum Gasteiger partial charge on any atom is -0.494 e. The molecule has 0 unspecified atom stereocenters. The molecule has 1 aromatic rings. The van der Waals surface area contributed by atoms with Gasteiger partial charge >= 0.3 is 0 Å². The van der Waals surface area contributed by atoms with E-state index >= 15 is 0 Å². The van der Waals surface area contributed by atoms with Crippen LogP contribution in [0.5, 0.6) is 5.75 Å². The van der Waals surface area contributed by atoms with Crippen molar-refractivity contribution in [3.63, 3.8) is 0 Å². The molecule has 0 radical (unpaired) electrons. The Morgan fingerprint density at radius 2 is 2.21 bits per heavy atom. The molecule has 1 aliphatic rings. The van der Waals surface area contributed by atoms with Gasteiger partial charge in [-0.15, -0.1) is 0 Å². The quantitative estimate of drug-likeness (QED) is 0.702. The fourth-order valence-corrected chi connectivity index (χ4v) is 2.71. The van der Waals surface area contributed by atoms with Gasteiger partial charge in [-0.05, 0) is 31.9 Å². The van der Waals surface area contributed by atoms with Crippen LogP contribution in [0.2, 0.25) is 0 Å². The fraction of sp³-hybridized carbons (Fsp3) is 0.600. The molecule has 1 saturated carbocycles. The Labute approximate surface area is 123 Å². The van der Waals surface area contributed by atoms with Crippen LogP contribution >= 0.6 is 15.9 Å². The van der Waals surface area contributed by atoms with Gasteiger partial charge < -0.3 is 4.74 Å². The molecule has 1 fully saturated rings. The lowest BCUT2D eigenvalue weighted by Crippen LogP contribution is -2.40. The first-order valence-corrected chi connectivity index (χ1v) is 7.99. The standard InChI is InChI=1S/C15H21BrFNO/c1-19-14-8-2-5-12(15(14)17)11-18(10-4-9-16)13-6-3-7-13/h2,5,8,13H,3-4,6-7,9-11H2,1H3. The highest BCUT2D eigenvalue weighted by Gasteiger charge is 2.25. The number of ether oxygens (including phenoxy) is 1. The van der Waals surface area contributed by atoms with Gasteiger partial charge in [-0.1, -0.05) is 34.5 Å². The van der Waals surface area contributed by atoms with Gasteiger partial charge in [0.15, 0.2) is 11.6 Å². The van der Waals surface area contributed by atoms with Crippen molar-refractivity contribution < 1.29 is 9.13 Å². The highest BCUT2D eigenvalue weighted by molar-refractivity contribution is 9.09. The second-order valence-electron chi connectivity index (χ2n) is 5.03. The zero-order chi connectivity index (χ0) is 13.7. The number of hydrogen-bond donors (Lipinski definition) is 0. The second-order valence-corrected chi connectivity index (χ2v) is 5.82. The van der Waals surface area contributed by atoms with Crippen LogP contribution in [0.25, 0.3) is 0 Å². The highest BCUT2D eigenvalue weighted by Crippen LogP contribution is 2.28. The zero-order valence-electron chi connectivity index (χ0n) is 11.4. The lowest BCUT2D eigenvalue weighted by Gasteiger charge is -2.37. The minimum atomic E-state index is -0.215. The molecule has 1 aromatic carbocycles. The van der Waals surface area contributed by atoms with Crippen molar-refractivity contribution in [2.75, 3.05) is 19.0 Å². The molecule has 106 valence electrons.